The molecule has 6 rings (SSSR count). The van der Waals surface area contributed by atoms with Crippen molar-refractivity contribution in [1.29, 1.82) is 0 Å². The summed E-state index contributed by atoms with van der Waals surface area (Å²) in [5, 5.41) is 5.63. The van der Waals surface area contributed by atoms with E-state index >= 15 is 0 Å². The maximum atomic E-state index is 13.1. The van der Waals surface area contributed by atoms with E-state index in [9.17, 15) is 14.0 Å². The van der Waals surface area contributed by atoms with Crippen LogP contribution >= 0.6 is 0 Å². The van der Waals surface area contributed by atoms with E-state index in [1.165, 1.54) is 42.7 Å². The highest BCUT2D eigenvalue weighted by molar-refractivity contribution is 6.05. The predicted octanol–water partition coefficient (Wildman–Crippen LogP) is 6.15. The van der Waals surface area contributed by atoms with Crippen molar-refractivity contribution in [3.05, 3.63) is 108 Å². The number of amides is 2. The van der Waals surface area contributed by atoms with Crippen LogP contribution in [-0.4, -0.2) is 26.8 Å². The predicted molar refractivity (Wildman–Crippen MR) is 140 cm³/mol. The van der Waals surface area contributed by atoms with Gasteiger partial charge in [0.25, 0.3) is 11.8 Å². The van der Waals surface area contributed by atoms with Crippen LogP contribution in [0.15, 0.2) is 85.1 Å². The van der Waals surface area contributed by atoms with Crippen molar-refractivity contribution in [2.75, 3.05) is 10.6 Å². The molecule has 1 saturated carbocycles. The number of benzene rings is 3. The topological polar surface area (TPSA) is 99.8 Å². The Kier molecular flexibility index (Phi) is 5.69. The van der Waals surface area contributed by atoms with Gasteiger partial charge in [0.1, 0.15) is 17.5 Å². The van der Waals surface area contributed by atoms with Gasteiger partial charge in [-0.2, -0.15) is 0 Å². The first-order chi connectivity index (χ1) is 18.0. The van der Waals surface area contributed by atoms with Crippen LogP contribution < -0.4 is 10.6 Å². The molecule has 2 amide bonds. The Hall–Kier alpha value is -4.85. The third-order valence-corrected chi connectivity index (χ3v) is 6.35. The highest BCUT2D eigenvalue weighted by atomic mass is 19.1. The fraction of sp³-hybridized carbons (Fsp3) is 0.103. The van der Waals surface area contributed by atoms with Gasteiger partial charge in [-0.05, 0) is 85.0 Å². The maximum Gasteiger partial charge on any atom is 0.256 e. The Morgan fingerprint density at radius 1 is 0.838 bits per heavy atom. The summed E-state index contributed by atoms with van der Waals surface area (Å²) in [5.41, 5.74) is 5.05. The number of rotatable bonds is 6. The Bertz CT molecular complexity index is 1610. The minimum atomic E-state index is -0.394. The van der Waals surface area contributed by atoms with Crippen molar-refractivity contribution in [3.63, 3.8) is 0 Å². The highest BCUT2D eigenvalue weighted by Crippen LogP contribution is 2.39. The van der Waals surface area contributed by atoms with Gasteiger partial charge in [0.15, 0.2) is 0 Å². The Morgan fingerprint density at radius 2 is 1.49 bits per heavy atom. The van der Waals surface area contributed by atoms with Crippen LogP contribution in [0.1, 0.15) is 45.0 Å². The van der Waals surface area contributed by atoms with E-state index < -0.39 is 5.82 Å². The molecule has 3 N–H and O–H groups in total. The molecule has 0 radical (unpaired) electrons. The standard InChI is InChI=1S/C29H22FN5O2/c30-22-11-7-21(8-12-22)28(36)32-23-13-9-19(10-14-23)27-33-24-15-26(31-16-25(24)34-27)35-29(37)20-5-3-18(4-6-20)17-1-2-17/h3-17H,1-2H2,(H,32,36)(H,33,34)(H,31,35,37). The number of hydrogen-bond acceptors (Lipinski definition) is 4. The fourth-order valence-corrected chi connectivity index (χ4v) is 4.14. The molecule has 7 nitrogen and oxygen atoms in total. The molecule has 0 unspecified atom stereocenters. The van der Waals surface area contributed by atoms with Gasteiger partial charge < -0.3 is 15.6 Å². The van der Waals surface area contributed by atoms with Crippen molar-refractivity contribution in [3.8, 4) is 11.4 Å². The molecule has 0 bridgehead atoms. The number of aromatic amines is 1. The molecule has 2 heterocycles. The lowest BCUT2D eigenvalue weighted by molar-refractivity contribution is 0.101. The molecule has 1 fully saturated rings. The second-order valence-electron chi connectivity index (χ2n) is 9.06. The molecule has 8 heteroatoms. The first kappa shape index (κ1) is 22.6. The van der Waals surface area contributed by atoms with Crippen molar-refractivity contribution >= 4 is 34.4 Å². The SMILES string of the molecule is O=C(Nc1ccc(-c2nc3cc(NC(=O)c4ccc(C5CC5)cc4)ncc3[nH]2)cc1)c1ccc(F)cc1. The third-order valence-electron chi connectivity index (χ3n) is 6.35. The lowest BCUT2D eigenvalue weighted by atomic mass is 10.1. The van der Waals surface area contributed by atoms with E-state index in [2.05, 4.69) is 25.6 Å². The normalized spacial score (nSPS) is 12.9. The number of carbonyl (C=O) groups excluding carboxylic acids is 2. The molecule has 0 atom stereocenters. The molecule has 0 aliphatic heterocycles. The molecule has 2 aromatic heterocycles. The Morgan fingerprint density at radius 3 is 2.16 bits per heavy atom. The molecular weight excluding hydrogens is 469 g/mol. The number of H-pyrrole nitrogens is 1. The molecule has 0 saturated heterocycles. The molecule has 3 aromatic carbocycles. The lowest BCUT2D eigenvalue weighted by Crippen LogP contribution is -2.12. The fourth-order valence-electron chi connectivity index (χ4n) is 4.14. The number of imidazole rings is 1. The quantitative estimate of drug-likeness (QED) is 0.265. The van der Waals surface area contributed by atoms with Crippen LogP contribution in [0.4, 0.5) is 15.9 Å². The molecule has 1 aliphatic rings. The number of fused-ring (bicyclic) bond motifs is 1. The Balaban J connectivity index is 1.14. The minimum absolute atomic E-state index is 0.219. The molecular formula is C29H22FN5O2. The van der Waals surface area contributed by atoms with Gasteiger partial charge >= 0.3 is 0 Å². The van der Waals surface area contributed by atoms with Crippen LogP contribution in [0, 0.1) is 5.82 Å². The van der Waals surface area contributed by atoms with Crippen molar-refractivity contribution in [2.24, 2.45) is 0 Å². The number of carbonyl (C=O) groups is 2. The van der Waals surface area contributed by atoms with E-state index in [1.807, 2.05) is 36.4 Å². The van der Waals surface area contributed by atoms with Crippen LogP contribution in [0.2, 0.25) is 0 Å². The summed E-state index contributed by atoms with van der Waals surface area (Å²) in [6.07, 6.45) is 4.08. The van der Waals surface area contributed by atoms with Gasteiger partial charge in [-0.1, -0.05) is 12.1 Å². The lowest BCUT2D eigenvalue weighted by Gasteiger charge is -2.06. The number of nitrogens with one attached hydrogen (secondary N) is 3. The summed E-state index contributed by atoms with van der Waals surface area (Å²) in [7, 11) is 0. The van der Waals surface area contributed by atoms with Crippen LogP contribution in [0.5, 0.6) is 0 Å². The number of anilines is 2. The zero-order chi connectivity index (χ0) is 25.4. The monoisotopic (exact) mass is 491 g/mol. The first-order valence-corrected chi connectivity index (χ1v) is 12.0. The Labute approximate surface area is 211 Å². The molecule has 1 aliphatic carbocycles. The van der Waals surface area contributed by atoms with Crippen molar-refractivity contribution in [1.82, 2.24) is 15.0 Å². The average molecular weight is 492 g/mol. The first-order valence-electron chi connectivity index (χ1n) is 12.0. The largest absolute Gasteiger partial charge is 0.337 e. The number of aromatic nitrogens is 3. The smallest absolute Gasteiger partial charge is 0.256 e. The minimum Gasteiger partial charge on any atom is -0.337 e. The van der Waals surface area contributed by atoms with E-state index in [-0.39, 0.29) is 11.8 Å². The molecule has 37 heavy (non-hydrogen) atoms. The van der Waals surface area contributed by atoms with Gasteiger partial charge in [-0.3, -0.25) is 9.59 Å². The summed E-state index contributed by atoms with van der Waals surface area (Å²) in [6, 6.07) is 22.0. The zero-order valence-electron chi connectivity index (χ0n) is 19.7. The maximum absolute atomic E-state index is 13.1. The second-order valence-corrected chi connectivity index (χ2v) is 9.06. The van der Waals surface area contributed by atoms with Crippen molar-refractivity contribution in [2.45, 2.75) is 18.8 Å². The van der Waals surface area contributed by atoms with Gasteiger partial charge in [0.2, 0.25) is 0 Å². The summed E-state index contributed by atoms with van der Waals surface area (Å²) in [6.45, 7) is 0. The zero-order valence-corrected chi connectivity index (χ0v) is 19.7. The molecule has 0 spiro atoms. The van der Waals surface area contributed by atoms with Gasteiger partial charge in [-0.25, -0.2) is 14.4 Å². The van der Waals surface area contributed by atoms with Gasteiger partial charge in [0, 0.05) is 28.4 Å². The molecule has 5 aromatic rings. The van der Waals surface area contributed by atoms with Crippen molar-refractivity contribution < 1.29 is 14.0 Å². The van der Waals surface area contributed by atoms with Gasteiger partial charge in [0.05, 0.1) is 17.2 Å². The summed E-state index contributed by atoms with van der Waals surface area (Å²) >= 11 is 0. The van der Waals surface area contributed by atoms with E-state index in [0.717, 1.165) is 11.1 Å². The number of pyridine rings is 1. The average Bonchev–Trinajstić information content (AvgIpc) is 3.68. The second kappa shape index (κ2) is 9.31. The number of nitrogens with zero attached hydrogens (tertiary/aromatic N) is 2. The van der Waals surface area contributed by atoms with Gasteiger partial charge in [-0.15, -0.1) is 0 Å². The summed E-state index contributed by atoms with van der Waals surface area (Å²) < 4.78 is 13.1. The highest BCUT2D eigenvalue weighted by Gasteiger charge is 2.23. The van der Waals surface area contributed by atoms with Crippen LogP contribution in [0.25, 0.3) is 22.4 Å². The number of hydrogen-bond donors (Lipinski definition) is 3. The summed E-state index contributed by atoms with van der Waals surface area (Å²) in [5.74, 6) is 0.758. The van der Waals surface area contributed by atoms with E-state index in [4.69, 9.17) is 0 Å². The van der Waals surface area contributed by atoms with E-state index in [1.54, 1.807) is 24.4 Å². The summed E-state index contributed by atoms with van der Waals surface area (Å²) in [4.78, 5) is 37.2. The van der Waals surface area contributed by atoms with E-state index in [0.29, 0.717) is 39.9 Å². The third kappa shape index (κ3) is 4.95. The van der Waals surface area contributed by atoms with Crippen LogP contribution in [-0.2, 0) is 0 Å². The number of halogens is 1. The van der Waals surface area contributed by atoms with Crippen LogP contribution in [0.3, 0.4) is 0 Å². The molecule has 182 valence electrons.